The Kier molecular flexibility index (Phi) is 3.78. The molecule has 1 aliphatic rings. The molecular formula is C19H18N2. The van der Waals surface area contributed by atoms with Gasteiger partial charge in [0.25, 0.3) is 0 Å². The number of hydrogen-bond donors (Lipinski definition) is 0. The lowest BCUT2D eigenvalue weighted by molar-refractivity contribution is 0.730. The molecule has 0 radical (unpaired) electrons. The van der Waals surface area contributed by atoms with Crippen molar-refractivity contribution >= 4 is 0 Å². The summed E-state index contributed by atoms with van der Waals surface area (Å²) in [6.45, 7) is 5.89. The standard InChI is InChI=1S/C19H18N2/c1-3-5-14(6-4-2)18-16-11-17(13-21-12-16)19(18)15-7-9-20-10-8-15/h3-13,18-19H,1H2,2H3/b6-4-,14-5+. The highest BCUT2D eigenvalue weighted by Gasteiger charge is 2.34. The second kappa shape index (κ2) is 5.88. The van der Waals surface area contributed by atoms with Gasteiger partial charge in [0.1, 0.15) is 0 Å². The van der Waals surface area contributed by atoms with Crippen molar-refractivity contribution in [2.75, 3.05) is 0 Å². The van der Waals surface area contributed by atoms with Gasteiger partial charge in [-0.1, -0.05) is 36.9 Å². The number of aromatic nitrogens is 2. The second-order valence-corrected chi connectivity index (χ2v) is 5.19. The molecule has 0 N–H and O–H groups in total. The third-order valence-electron chi connectivity index (χ3n) is 3.93. The van der Waals surface area contributed by atoms with Gasteiger partial charge in [-0.05, 0) is 41.3 Å². The number of fused-ring (bicyclic) bond motifs is 2. The summed E-state index contributed by atoms with van der Waals surface area (Å²) in [5, 5.41) is 0. The minimum Gasteiger partial charge on any atom is -0.265 e. The largest absolute Gasteiger partial charge is 0.265 e. The molecule has 2 aromatic rings. The Hall–Kier alpha value is -2.48. The van der Waals surface area contributed by atoms with Crippen LogP contribution >= 0.6 is 0 Å². The third-order valence-corrected chi connectivity index (χ3v) is 3.93. The Morgan fingerprint density at radius 3 is 2.57 bits per heavy atom. The van der Waals surface area contributed by atoms with Gasteiger partial charge in [0.2, 0.25) is 0 Å². The lowest BCUT2D eigenvalue weighted by atomic mass is 9.80. The summed E-state index contributed by atoms with van der Waals surface area (Å²) in [6.07, 6.45) is 15.8. The summed E-state index contributed by atoms with van der Waals surface area (Å²) >= 11 is 0. The van der Waals surface area contributed by atoms with Crippen LogP contribution in [0.5, 0.6) is 0 Å². The van der Waals surface area contributed by atoms with Crippen molar-refractivity contribution in [1.82, 2.24) is 9.97 Å². The highest BCUT2D eigenvalue weighted by atomic mass is 14.7. The summed E-state index contributed by atoms with van der Waals surface area (Å²) in [4.78, 5) is 8.51. The van der Waals surface area contributed by atoms with Crippen LogP contribution in [0.1, 0.15) is 35.4 Å². The molecule has 0 fully saturated rings. The third kappa shape index (κ3) is 2.45. The van der Waals surface area contributed by atoms with Crippen LogP contribution in [0.15, 0.2) is 79.4 Å². The van der Waals surface area contributed by atoms with Gasteiger partial charge in [-0.2, -0.15) is 0 Å². The summed E-state index contributed by atoms with van der Waals surface area (Å²) in [6, 6.07) is 6.44. The van der Waals surface area contributed by atoms with E-state index < -0.39 is 0 Å². The van der Waals surface area contributed by atoms with E-state index in [4.69, 9.17) is 0 Å². The van der Waals surface area contributed by atoms with E-state index in [1.165, 1.54) is 22.3 Å². The minimum atomic E-state index is 0.291. The van der Waals surface area contributed by atoms with Crippen LogP contribution in [-0.4, -0.2) is 9.97 Å². The average Bonchev–Trinajstić information content (AvgIpc) is 2.78. The molecule has 0 saturated carbocycles. The van der Waals surface area contributed by atoms with E-state index in [0.29, 0.717) is 11.8 Å². The lowest BCUT2D eigenvalue weighted by Gasteiger charge is -2.22. The molecule has 2 aromatic heterocycles. The number of hydrogen-bond acceptors (Lipinski definition) is 2. The summed E-state index contributed by atoms with van der Waals surface area (Å²) in [5.74, 6) is 0.590. The molecule has 2 heterocycles. The van der Waals surface area contributed by atoms with Crippen LogP contribution in [-0.2, 0) is 0 Å². The molecule has 2 bridgehead atoms. The first-order chi connectivity index (χ1) is 10.3. The lowest BCUT2D eigenvalue weighted by Crippen LogP contribution is -2.08. The van der Waals surface area contributed by atoms with Crippen molar-refractivity contribution in [3.63, 3.8) is 0 Å². The van der Waals surface area contributed by atoms with Gasteiger partial charge in [0, 0.05) is 36.6 Å². The monoisotopic (exact) mass is 274 g/mol. The van der Waals surface area contributed by atoms with Gasteiger partial charge < -0.3 is 0 Å². The van der Waals surface area contributed by atoms with E-state index in [1.807, 2.05) is 37.8 Å². The molecule has 0 aromatic carbocycles. The molecule has 104 valence electrons. The van der Waals surface area contributed by atoms with Crippen molar-refractivity contribution < 1.29 is 0 Å². The Morgan fingerprint density at radius 1 is 1.10 bits per heavy atom. The molecule has 2 atom stereocenters. The quantitative estimate of drug-likeness (QED) is 0.772. The fraction of sp³-hybridized carbons (Fsp3) is 0.158. The van der Waals surface area contributed by atoms with Crippen LogP contribution in [0, 0.1) is 0 Å². The topological polar surface area (TPSA) is 25.8 Å². The molecule has 2 unspecified atom stereocenters. The number of rotatable bonds is 4. The van der Waals surface area contributed by atoms with E-state index in [-0.39, 0.29) is 0 Å². The molecule has 0 amide bonds. The molecule has 2 heteroatoms. The van der Waals surface area contributed by atoms with Gasteiger partial charge in [-0.25, -0.2) is 0 Å². The maximum absolute atomic E-state index is 4.38. The molecule has 0 saturated heterocycles. The Balaban J connectivity index is 2.12. The first kappa shape index (κ1) is 13.5. The summed E-state index contributed by atoms with van der Waals surface area (Å²) < 4.78 is 0. The highest BCUT2D eigenvalue weighted by Crippen LogP contribution is 2.48. The average molecular weight is 274 g/mol. The van der Waals surface area contributed by atoms with Crippen LogP contribution in [0.4, 0.5) is 0 Å². The molecule has 0 aliphatic heterocycles. The van der Waals surface area contributed by atoms with Crippen LogP contribution in [0.2, 0.25) is 0 Å². The predicted octanol–water partition coefficient (Wildman–Crippen LogP) is 4.39. The second-order valence-electron chi connectivity index (χ2n) is 5.19. The van der Waals surface area contributed by atoms with Crippen LogP contribution in [0.3, 0.4) is 0 Å². The van der Waals surface area contributed by atoms with E-state index in [0.717, 1.165) is 0 Å². The van der Waals surface area contributed by atoms with Crippen molar-refractivity contribution in [3.8, 4) is 0 Å². The van der Waals surface area contributed by atoms with Gasteiger partial charge >= 0.3 is 0 Å². The smallest absolute Gasteiger partial charge is 0.0306 e. The van der Waals surface area contributed by atoms with Crippen LogP contribution < -0.4 is 0 Å². The molecule has 2 nitrogen and oxygen atoms in total. The molecule has 1 aliphatic carbocycles. The van der Waals surface area contributed by atoms with Crippen molar-refractivity contribution in [2.45, 2.75) is 18.8 Å². The molecule has 21 heavy (non-hydrogen) atoms. The normalized spacial score (nSPS) is 20.9. The first-order valence-corrected chi connectivity index (χ1v) is 7.15. The van der Waals surface area contributed by atoms with Gasteiger partial charge in [-0.15, -0.1) is 0 Å². The zero-order valence-electron chi connectivity index (χ0n) is 12.1. The Morgan fingerprint density at radius 2 is 1.86 bits per heavy atom. The molecule has 3 rings (SSSR count). The fourth-order valence-electron chi connectivity index (χ4n) is 3.13. The summed E-state index contributed by atoms with van der Waals surface area (Å²) in [5.41, 5.74) is 5.07. The maximum atomic E-state index is 4.38. The minimum absolute atomic E-state index is 0.291. The Labute approximate surface area is 125 Å². The summed E-state index contributed by atoms with van der Waals surface area (Å²) in [7, 11) is 0. The Bertz CT molecular complexity index is 699. The zero-order valence-corrected chi connectivity index (χ0v) is 12.1. The van der Waals surface area contributed by atoms with Gasteiger partial charge in [0.15, 0.2) is 0 Å². The predicted molar refractivity (Wildman–Crippen MR) is 86.2 cm³/mol. The first-order valence-electron chi connectivity index (χ1n) is 7.15. The van der Waals surface area contributed by atoms with E-state index in [1.54, 1.807) is 0 Å². The van der Waals surface area contributed by atoms with Crippen LogP contribution in [0.25, 0.3) is 0 Å². The highest BCUT2D eigenvalue weighted by molar-refractivity contribution is 5.51. The number of pyridine rings is 2. The van der Waals surface area contributed by atoms with Gasteiger partial charge in [0.05, 0.1) is 0 Å². The van der Waals surface area contributed by atoms with Crippen molar-refractivity contribution in [1.29, 1.82) is 0 Å². The molecular weight excluding hydrogens is 256 g/mol. The van der Waals surface area contributed by atoms with E-state index in [2.05, 4.69) is 53.0 Å². The zero-order chi connectivity index (χ0) is 14.7. The van der Waals surface area contributed by atoms with E-state index >= 15 is 0 Å². The number of allylic oxidation sites excluding steroid dienone is 5. The van der Waals surface area contributed by atoms with Crippen molar-refractivity contribution in [2.24, 2.45) is 0 Å². The SMILES string of the molecule is C=C/C=C(\C=C/C)C1c2cncc(c2)C1c1ccncc1. The molecule has 0 spiro atoms. The van der Waals surface area contributed by atoms with E-state index in [9.17, 15) is 0 Å². The number of nitrogens with zero attached hydrogens (tertiary/aromatic N) is 2. The maximum Gasteiger partial charge on any atom is 0.0306 e. The van der Waals surface area contributed by atoms with Gasteiger partial charge in [-0.3, -0.25) is 9.97 Å². The fourth-order valence-corrected chi connectivity index (χ4v) is 3.13. The van der Waals surface area contributed by atoms with Crippen molar-refractivity contribution in [3.05, 3.63) is 96.1 Å².